The van der Waals surface area contributed by atoms with E-state index in [9.17, 15) is 4.79 Å². The van der Waals surface area contributed by atoms with Gasteiger partial charge < -0.3 is 5.11 Å². The second-order valence-corrected chi connectivity index (χ2v) is 5.42. The fourth-order valence-corrected chi connectivity index (χ4v) is 2.84. The molecule has 78 valence electrons. The Morgan fingerprint density at radius 2 is 2.20 bits per heavy atom. The van der Waals surface area contributed by atoms with Crippen molar-refractivity contribution in [1.82, 2.24) is 0 Å². The van der Waals surface area contributed by atoms with Gasteiger partial charge in [-0.2, -0.15) is 0 Å². The molecule has 0 saturated carbocycles. The van der Waals surface area contributed by atoms with Crippen LogP contribution in [0.1, 0.15) is 17.7 Å². The van der Waals surface area contributed by atoms with E-state index in [0.29, 0.717) is 0 Å². The van der Waals surface area contributed by atoms with Crippen molar-refractivity contribution in [2.45, 2.75) is 12.8 Å². The standard InChI is InChI=1S/C11H9BrO2S/c1-6(11(13)14)10-5-7-4-8(12)2-3-9(7)15-10/h2-6H,1H3,(H,13,14). The first-order chi connectivity index (χ1) is 7.08. The van der Waals surface area contributed by atoms with Gasteiger partial charge in [0.1, 0.15) is 0 Å². The van der Waals surface area contributed by atoms with Gasteiger partial charge >= 0.3 is 5.97 Å². The van der Waals surface area contributed by atoms with Crippen molar-refractivity contribution < 1.29 is 9.90 Å². The number of benzene rings is 1. The molecule has 0 saturated heterocycles. The third-order valence-corrected chi connectivity index (χ3v) is 4.09. The monoisotopic (exact) mass is 284 g/mol. The second kappa shape index (κ2) is 3.94. The predicted octanol–water partition coefficient (Wildman–Crippen LogP) is 3.85. The Bertz CT molecular complexity index is 518. The molecule has 1 unspecified atom stereocenters. The number of thiophene rings is 1. The van der Waals surface area contributed by atoms with Crippen LogP contribution in [-0.4, -0.2) is 11.1 Å². The van der Waals surface area contributed by atoms with Crippen molar-refractivity contribution in [2.75, 3.05) is 0 Å². The minimum atomic E-state index is -0.777. The molecular weight excluding hydrogens is 276 g/mol. The van der Waals surface area contributed by atoms with Crippen LogP contribution >= 0.6 is 27.3 Å². The topological polar surface area (TPSA) is 37.3 Å². The maximum absolute atomic E-state index is 10.8. The zero-order valence-corrected chi connectivity index (χ0v) is 10.4. The van der Waals surface area contributed by atoms with Crippen LogP contribution in [0.25, 0.3) is 10.1 Å². The smallest absolute Gasteiger partial charge is 0.311 e. The number of halogens is 1. The summed E-state index contributed by atoms with van der Waals surface area (Å²) in [5.41, 5.74) is 0. The molecule has 1 heterocycles. The molecule has 0 fully saturated rings. The average molecular weight is 285 g/mol. The molecule has 2 rings (SSSR count). The summed E-state index contributed by atoms with van der Waals surface area (Å²) in [6, 6.07) is 7.92. The Morgan fingerprint density at radius 1 is 1.47 bits per heavy atom. The summed E-state index contributed by atoms with van der Waals surface area (Å²) >= 11 is 4.94. The lowest BCUT2D eigenvalue weighted by Gasteiger charge is -1.99. The van der Waals surface area contributed by atoms with Gasteiger partial charge in [-0.25, -0.2) is 0 Å². The van der Waals surface area contributed by atoms with Gasteiger partial charge in [0.25, 0.3) is 0 Å². The Morgan fingerprint density at radius 3 is 2.87 bits per heavy atom. The fraction of sp³-hybridized carbons (Fsp3) is 0.182. The number of carbonyl (C=O) groups is 1. The van der Waals surface area contributed by atoms with Crippen LogP contribution in [0.4, 0.5) is 0 Å². The number of hydrogen-bond acceptors (Lipinski definition) is 2. The maximum atomic E-state index is 10.8. The highest BCUT2D eigenvalue weighted by Gasteiger charge is 2.16. The zero-order chi connectivity index (χ0) is 11.0. The summed E-state index contributed by atoms with van der Waals surface area (Å²) in [6.45, 7) is 1.71. The van der Waals surface area contributed by atoms with Gasteiger partial charge in [0.15, 0.2) is 0 Å². The lowest BCUT2D eigenvalue weighted by Crippen LogP contribution is -2.04. The molecule has 1 atom stereocenters. The van der Waals surface area contributed by atoms with E-state index in [4.69, 9.17) is 5.11 Å². The van der Waals surface area contributed by atoms with Crippen molar-refractivity contribution in [3.63, 3.8) is 0 Å². The first-order valence-corrected chi connectivity index (χ1v) is 6.10. The quantitative estimate of drug-likeness (QED) is 0.910. The van der Waals surface area contributed by atoms with Crippen LogP contribution in [0.15, 0.2) is 28.7 Å². The molecule has 0 bridgehead atoms. The number of carboxylic acid groups (broad SMARTS) is 1. The molecule has 1 N–H and O–H groups in total. The van der Waals surface area contributed by atoms with Gasteiger partial charge in [0.2, 0.25) is 0 Å². The van der Waals surface area contributed by atoms with E-state index in [-0.39, 0.29) is 0 Å². The highest BCUT2D eigenvalue weighted by molar-refractivity contribution is 9.10. The van der Waals surface area contributed by atoms with Crippen LogP contribution in [-0.2, 0) is 4.79 Å². The summed E-state index contributed by atoms with van der Waals surface area (Å²) in [4.78, 5) is 11.7. The molecule has 15 heavy (non-hydrogen) atoms. The summed E-state index contributed by atoms with van der Waals surface area (Å²) in [5.74, 6) is -1.21. The van der Waals surface area contributed by atoms with E-state index in [0.717, 1.165) is 19.4 Å². The molecule has 0 amide bonds. The van der Waals surface area contributed by atoms with E-state index in [2.05, 4.69) is 15.9 Å². The lowest BCUT2D eigenvalue weighted by atomic mass is 10.1. The molecule has 0 aliphatic rings. The van der Waals surface area contributed by atoms with E-state index < -0.39 is 11.9 Å². The van der Waals surface area contributed by atoms with Gasteiger partial charge in [-0.05, 0) is 36.6 Å². The number of rotatable bonds is 2. The van der Waals surface area contributed by atoms with Gasteiger partial charge in [-0.3, -0.25) is 4.79 Å². The van der Waals surface area contributed by atoms with Crippen LogP contribution < -0.4 is 0 Å². The summed E-state index contributed by atoms with van der Waals surface area (Å²) in [6.07, 6.45) is 0. The normalized spacial score (nSPS) is 12.9. The summed E-state index contributed by atoms with van der Waals surface area (Å²) in [5, 5.41) is 10.0. The highest BCUT2D eigenvalue weighted by Crippen LogP contribution is 2.32. The van der Waals surface area contributed by atoms with Crippen LogP contribution in [0.2, 0.25) is 0 Å². The zero-order valence-electron chi connectivity index (χ0n) is 8.03. The van der Waals surface area contributed by atoms with Crippen molar-refractivity contribution >= 4 is 43.3 Å². The number of carboxylic acids is 1. The molecule has 0 aliphatic heterocycles. The molecule has 2 nitrogen and oxygen atoms in total. The van der Waals surface area contributed by atoms with Gasteiger partial charge in [0, 0.05) is 14.0 Å². The van der Waals surface area contributed by atoms with Crippen molar-refractivity contribution in [3.8, 4) is 0 Å². The molecular formula is C11H9BrO2S. The van der Waals surface area contributed by atoms with Gasteiger partial charge in [0.05, 0.1) is 5.92 Å². The van der Waals surface area contributed by atoms with E-state index in [1.807, 2.05) is 24.3 Å². The maximum Gasteiger partial charge on any atom is 0.311 e. The average Bonchev–Trinajstić information content (AvgIpc) is 2.58. The van der Waals surface area contributed by atoms with Gasteiger partial charge in [-0.15, -0.1) is 11.3 Å². The van der Waals surface area contributed by atoms with E-state index in [1.165, 1.54) is 0 Å². The Kier molecular flexibility index (Phi) is 2.80. The Balaban J connectivity index is 2.51. The first kappa shape index (κ1) is 10.6. The first-order valence-electron chi connectivity index (χ1n) is 4.50. The van der Waals surface area contributed by atoms with Gasteiger partial charge in [-0.1, -0.05) is 15.9 Å². The SMILES string of the molecule is CC(C(=O)O)c1cc2cc(Br)ccc2s1. The predicted molar refractivity (Wildman–Crippen MR) is 65.6 cm³/mol. The Labute approximate surface area is 99.7 Å². The van der Waals surface area contributed by atoms with Crippen molar-refractivity contribution in [2.24, 2.45) is 0 Å². The minimum Gasteiger partial charge on any atom is -0.481 e. The molecule has 2 aromatic rings. The van der Waals surface area contributed by atoms with Crippen LogP contribution in [0, 0.1) is 0 Å². The third-order valence-electron chi connectivity index (χ3n) is 2.29. The third kappa shape index (κ3) is 2.06. The fourth-order valence-electron chi connectivity index (χ4n) is 1.37. The summed E-state index contributed by atoms with van der Waals surface area (Å²) < 4.78 is 2.14. The number of fused-ring (bicyclic) bond motifs is 1. The number of aliphatic carboxylic acids is 1. The molecule has 1 aromatic heterocycles. The largest absolute Gasteiger partial charge is 0.481 e. The molecule has 0 spiro atoms. The molecule has 0 aliphatic carbocycles. The molecule has 0 radical (unpaired) electrons. The summed E-state index contributed by atoms with van der Waals surface area (Å²) in [7, 11) is 0. The molecule has 4 heteroatoms. The van der Waals surface area contributed by atoms with Crippen molar-refractivity contribution in [1.29, 1.82) is 0 Å². The number of hydrogen-bond donors (Lipinski definition) is 1. The van der Waals surface area contributed by atoms with Crippen LogP contribution in [0.5, 0.6) is 0 Å². The van der Waals surface area contributed by atoms with Crippen molar-refractivity contribution in [3.05, 3.63) is 33.6 Å². The molecule has 1 aromatic carbocycles. The minimum absolute atomic E-state index is 0.429. The van der Waals surface area contributed by atoms with Crippen LogP contribution in [0.3, 0.4) is 0 Å². The lowest BCUT2D eigenvalue weighted by molar-refractivity contribution is -0.138. The van der Waals surface area contributed by atoms with E-state index >= 15 is 0 Å². The second-order valence-electron chi connectivity index (χ2n) is 3.39. The Hall–Kier alpha value is -0.870. The highest BCUT2D eigenvalue weighted by atomic mass is 79.9. The van der Waals surface area contributed by atoms with E-state index in [1.54, 1.807) is 18.3 Å².